The predicted octanol–water partition coefficient (Wildman–Crippen LogP) is 1.56. The summed E-state index contributed by atoms with van der Waals surface area (Å²) in [5.41, 5.74) is -3.27. The van der Waals surface area contributed by atoms with Gasteiger partial charge in [0.2, 0.25) is 0 Å². The van der Waals surface area contributed by atoms with E-state index in [-0.39, 0.29) is 0 Å². The Hall–Kier alpha value is -1.74. The van der Waals surface area contributed by atoms with E-state index >= 15 is 0 Å². The van der Waals surface area contributed by atoms with Gasteiger partial charge < -0.3 is 4.98 Å². The molecule has 0 fully saturated rings. The summed E-state index contributed by atoms with van der Waals surface area (Å²) in [7, 11) is 0. The minimum atomic E-state index is -3.11. The van der Waals surface area contributed by atoms with Crippen molar-refractivity contribution in [2.45, 2.75) is 6.43 Å². The van der Waals surface area contributed by atoms with Crippen molar-refractivity contribution < 1.29 is 13.6 Å². The lowest BCUT2D eigenvalue weighted by Gasteiger charge is -2.05. The summed E-state index contributed by atoms with van der Waals surface area (Å²) < 4.78 is 25.0. The van der Waals surface area contributed by atoms with E-state index in [2.05, 4.69) is 0 Å². The van der Waals surface area contributed by atoms with Crippen LogP contribution in [0.25, 0.3) is 0 Å². The highest BCUT2D eigenvalue weighted by Crippen LogP contribution is 2.25. The number of H-pyrrole nitrogens is 1. The van der Waals surface area contributed by atoms with Crippen LogP contribution in [-0.4, -0.2) is 10.2 Å². The molecule has 1 aromatic heterocycles. The molecule has 0 atom stereocenters. The monoisotopic (exact) mass is 232 g/mol. The van der Waals surface area contributed by atoms with Crippen molar-refractivity contribution in [1.29, 1.82) is 5.26 Å². The minimum absolute atomic E-state index is 0.567. The molecule has 0 aliphatic heterocycles. The molecule has 0 saturated heterocycles. The van der Waals surface area contributed by atoms with Crippen molar-refractivity contribution in [3.63, 3.8) is 0 Å². The predicted molar refractivity (Wildman–Crippen MR) is 46.9 cm³/mol. The van der Waals surface area contributed by atoms with E-state index < -0.39 is 33.9 Å². The van der Waals surface area contributed by atoms with Crippen molar-refractivity contribution in [2.75, 3.05) is 0 Å². The molecule has 7 heteroatoms. The molecule has 0 aliphatic carbocycles. The van der Waals surface area contributed by atoms with Gasteiger partial charge in [0.05, 0.1) is 11.1 Å². The third kappa shape index (κ3) is 2.02. The number of aromatic amines is 1. The van der Waals surface area contributed by atoms with E-state index in [9.17, 15) is 18.4 Å². The fraction of sp³-hybridized carbons (Fsp3) is 0.125. The Kier molecular flexibility index (Phi) is 3.17. The minimum Gasteiger partial charge on any atom is -0.327 e. The van der Waals surface area contributed by atoms with Gasteiger partial charge >= 0.3 is 0 Å². The van der Waals surface area contributed by atoms with E-state index in [0.717, 1.165) is 6.20 Å². The lowest BCUT2D eigenvalue weighted by atomic mass is 10.1. The van der Waals surface area contributed by atoms with Crippen molar-refractivity contribution in [3.8, 4) is 6.07 Å². The highest BCUT2D eigenvalue weighted by Gasteiger charge is 2.23. The highest BCUT2D eigenvalue weighted by atomic mass is 35.5. The van der Waals surface area contributed by atoms with Crippen LogP contribution in [0.3, 0.4) is 0 Å². The number of pyridine rings is 1. The van der Waals surface area contributed by atoms with Crippen LogP contribution in [0.1, 0.15) is 27.9 Å². The van der Waals surface area contributed by atoms with Gasteiger partial charge in [0.15, 0.2) is 0 Å². The van der Waals surface area contributed by atoms with E-state index in [1.54, 1.807) is 0 Å². The zero-order valence-corrected chi connectivity index (χ0v) is 7.81. The first-order chi connectivity index (χ1) is 6.99. The quantitative estimate of drug-likeness (QED) is 0.787. The Morgan fingerprint density at radius 2 is 2.20 bits per heavy atom. The van der Waals surface area contributed by atoms with Gasteiger partial charge in [-0.1, -0.05) is 0 Å². The first kappa shape index (κ1) is 11.3. The second kappa shape index (κ2) is 4.19. The summed E-state index contributed by atoms with van der Waals surface area (Å²) in [5.74, 6) is 0. The number of aromatic nitrogens is 1. The SMILES string of the molecule is N#Cc1c(C(F)F)c(C(=O)Cl)c[nH]c1=O. The Morgan fingerprint density at radius 3 is 2.60 bits per heavy atom. The van der Waals surface area contributed by atoms with E-state index in [1.807, 2.05) is 4.98 Å². The molecule has 78 valence electrons. The van der Waals surface area contributed by atoms with Gasteiger partial charge in [-0.2, -0.15) is 5.26 Å². The number of alkyl halides is 2. The van der Waals surface area contributed by atoms with Crippen LogP contribution in [0.4, 0.5) is 8.78 Å². The maximum absolute atomic E-state index is 12.5. The Labute approximate surface area is 87.1 Å². The zero-order valence-electron chi connectivity index (χ0n) is 7.05. The normalized spacial score (nSPS) is 10.1. The number of carbonyl (C=O) groups is 1. The number of nitrogens with zero attached hydrogens (tertiary/aromatic N) is 1. The Morgan fingerprint density at radius 1 is 1.60 bits per heavy atom. The smallest absolute Gasteiger partial charge is 0.266 e. The van der Waals surface area contributed by atoms with Gasteiger partial charge in [-0.3, -0.25) is 9.59 Å². The second-order valence-corrected chi connectivity index (χ2v) is 2.85. The van der Waals surface area contributed by atoms with Crippen LogP contribution in [-0.2, 0) is 0 Å². The van der Waals surface area contributed by atoms with Crippen LogP contribution >= 0.6 is 11.6 Å². The van der Waals surface area contributed by atoms with Crippen molar-refractivity contribution in [3.05, 3.63) is 33.2 Å². The van der Waals surface area contributed by atoms with Crippen LogP contribution in [0.15, 0.2) is 11.0 Å². The van der Waals surface area contributed by atoms with Gasteiger partial charge in [0.1, 0.15) is 11.6 Å². The van der Waals surface area contributed by atoms with E-state index in [0.29, 0.717) is 0 Å². The molecule has 0 aromatic carbocycles. The first-order valence-electron chi connectivity index (χ1n) is 3.62. The van der Waals surface area contributed by atoms with Crippen LogP contribution < -0.4 is 5.56 Å². The molecule has 0 spiro atoms. The summed E-state index contributed by atoms with van der Waals surface area (Å²) in [6.07, 6.45) is -2.35. The Balaban J connectivity index is 3.66. The Bertz CT molecular complexity index is 504. The fourth-order valence-corrected chi connectivity index (χ4v) is 1.20. The molecule has 0 unspecified atom stereocenters. The molecule has 0 bridgehead atoms. The molecule has 0 amide bonds. The molecule has 1 rings (SSSR count). The zero-order chi connectivity index (χ0) is 11.6. The molecular weight excluding hydrogens is 230 g/mol. The number of rotatable bonds is 2. The van der Waals surface area contributed by atoms with Crippen molar-refractivity contribution >= 4 is 16.8 Å². The number of halogens is 3. The average Bonchev–Trinajstić information content (AvgIpc) is 2.16. The van der Waals surface area contributed by atoms with E-state index in [4.69, 9.17) is 16.9 Å². The summed E-state index contributed by atoms with van der Waals surface area (Å²) in [5, 5.41) is 7.34. The van der Waals surface area contributed by atoms with Crippen molar-refractivity contribution in [1.82, 2.24) is 4.98 Å². The van der Waals surface area contributed by atoms with Crippen LogP contribution in [0.5, 0.6) is 0 Å². The van der Waals surface area contributed by atoms with Gasteiger partial charge in [-0.05, 0) is 11.6 Å². The number of nitrogens with one attached hydrogen (secondary N) is 1. The molecule has 1 aromatic rings. The average molecular weight is 233 g/mol. The molecule has 0 aliphatic rings. The van der Waals surface area contributed by atoms with Gasteiger partial charge in [0, 0.05) is 6.20 Å². The fourth-order valence-electron chi connectivity index (χ4n) is 1.04. The van der Waals surface area contributed by atoms with Gasteiger partial charge in [-0.15, -0.1) is 0 Å². The lowest BCUT2D eigenvalue weighted by molar-refractivity contribution is 0.106. The first-order valence-corrected chi connectivity index (χ1v) is 4.00. The summed E-state index contributed by atoms with van der Waals surface area (Å²) in [6, 6.07) is 1.31. The second-order valence-electron chi connectivity index (χ2n) is 2.51. The number of hydrogen-bond acceptors (Lipinski definition) is 3. The number of nitriles is 1. The third-order valence-corrected chi connectivity index (χ3v) is 1.88. The lowest BCUT2D eigenvalue weighted by Crippen LogP contribution is -2.16. The third-order valence-electron chi connectivity index (χ3n) is 1.68. The maximum atomic E-state index is 12.5. The molecule has 1 heterocycles. The van der Waals surface area contributed by atoms with Gasteiger partial charge in [0.25, 0.3) is 17.2 Å². The summed E-state index contributed by atoms with van der Waals surface area (Å²) >= 11 is 5.03. The van der Waals surface area contributed by atoms with E-state index in [1.165, 1.54) is 6.07 Å². The molecule has 15 heavy (non-hydrogen) atoms. The van der Waals surface area contributed by atoms with Crippen LogP contribution in [0, 0.1) is 11.3 Å². The van der Waals surface area contributed by atoms with Crippen LogP contribution in [0.2, 0.25) is 0 Å². The van der Waals surface area contributed by atoms with Gasteiger partial charge in [-0.25, -0.2) is 8.78 Å². The number of carbonyl (C=O) groups excluding carboxylic acids is 1. The molecule has 1 N–H and O–H groups in total. The highest BCUT2D eigenvalue weighted by molar-refractivity contribution is 6.67. The van der Waals surface area contributed by atoms with Crippen molar-refractivity contribution in [2.24, 2.45) is 0 Å². The summed E-state index contributed by atoms with van der Waals surface area (Å²) in [4.78, 5) is 23.7. The molecule has 0 radical (unpaired) electrons. The number of hydrogen-bond donors (Lipinski definition) is 1. The molecule has 4 nitrogen and oxygen atoms in total. The molecule has 0 saturated carbocycles. The maximum Gasteiger partial charge on any atom is 0.266 e. The summed E-state index contributed by atoms with van der Waals surface area (Å²) in [6.45, 7) is 0. The molecular formula is C8H3ClF2N2O2. The largest absolute Gasteiger partial charge is 0.327 e. The topological polar surface area (TPSA) is 73.7 Å². The standard InChI is InChI=1S/C8H3ClF2N2O2/c9-6(14)4-2-13-8(15)3(1-12)5(4)7(10)11/h2,7H,(H,13,15).